The third-order valence-electron chi connectivity index (χ3n) is 1.83. The molecule has 0 aromatic carbocycles. The van der Waals surface area contributed by atoms with E-state index in [1.807, 2.05) is 18.2 Å². The zero-order valence-corrected chi connectivity index (χ0v) is 7.81. The third-order valence-corrected chi connectivity index (χ3v) is 1.83. The highest BCUT2D eigenvalue weighted by atomic mass is 16.5. The van der Waals surface area contributed by atoms with E-state index in [1.165, 1.54) is 0 Å². The van der Waals surface area contributed by atoms with Gasteiger partial charge < -0.3 is 9.84 Å². The summed E-state index contributed by atoms with van der Waals surface area (Å²) >= 11 is 0. The van der Waals surface area contributed by atoms with Gasteiger partial charge in [0.15, 0.2) is 0 Å². The van der Waals surface area contributed by atoms with Gasteiger partial charge in [-0.15, -0.1) is 0 Å². The van der Waals surface area contributed by atoms with Crippen LogP contribution in [0.25, 0.3) is 0 Å². The maximum atomic E-state index is 9.51. The second kappa shape index (κ2) is 5.67. The van der Waals surface area contributed by atoms with E-state index in [-0.39, 0.29) is 6.10 Å². The van der Waals surface area contributed by atoms with Gasteiger partial charge in [-0.25, -0.2) is 0 Å². The van der Waals surface area contributed by atoms with E-state index >= 15 is 0 Å². The molecule has 0 saturated carbocycles. The Bertz CT molecular complexity index is 226. The highest BCUT2D eigenvalue weighted by molar-refractivity contribution is 5.04. The fraction of sp³-hybridized carbons (Fsp3) is 0.500. The summed E-state index contributed by atoms with van der Waals surface area (Å²) in [5.41, 5.74) is 0.922. The maximum Gasteiger partial charge on any atom is 0.0617 e. The molecule has 1 rings (SSSR count). The lowest BCUT2D eigenvalue weighted by molar-refractivity contribution is 0.109. The van der Waals surface area contributed by atoms with Crippen molar-refractivity contribution < 1.29 is 9.84 Å². The van der Waals surface area contributed by atoms with Gasteiger partial charge in [0.2, 0.25) is 0 Å². The van der Waals surface area contributed by atoms with Gasteiger partial charge in [0.1, 0.15) is 0 Å². The third kappa shape index (κ3) is 4.01. The lowest BCUT2D eigenvalue weighted by Gasteiger charge is -2.08. The van der Waals surface area contributed by atoms with E-state index in [0.29, 0.717) is 19.4 Å². The van der Waals surface area contributed by atoms with E-state index in [2.05, 4.69) is 4.98 Å². The van der Waals surface area contributed by atoms with Gasteiger partial charge in [0.05, 0.1) is 6.10 Å². The van der Waals surface area contributed by atoms with E-state index < -0.39 is 0 Å². The van der Waals surface area contributed by atoms with Crippen LogP contribution in [0.3, 0.4) is 0 Å². The monoisotopic (exact) mass is 181 g/mol. The van der Waals surface area contributed by atoms with E-state index in [9.17, 15) is 5.11 Å². The first kappa shape index (κ1) is 10.2. The first-order valence-electron chi connectivity index (χ1n) is 4.40. The summed E-state index contributed by atoms with van der Waals surface area (Å²) in [6, 6.07) is 5.70. The SMILES string of the molecule is COCCC(O)Cc1ccccn1. The van der Waals surface area contributed by atoms with Crippen LogP contribution in [-0.4, -0.2) is 29.9 Å². The molecule has 1 aromatic rings. The predicted octanol–water partition coefficient (Wildman–Crippen LogP) is 1.02. The van der Waals surface area contributed by atoms with Crippen molar-refractivity contribution in [1.29, 1.82) is 0 Å². The standard InChI is InChI=1S/C10H15NO2/c1-13-7-5-10(12)8-9-4-2-3-6-11-9/h2-4,6,10,12H,5,7-8H2,1H3. The normalized spacial score (nSPS) is 12.8. The number of aliphatic hydroxyl groups is 1. The second-order valence-electron chi connectivity index (χ2n) is 2.96. The average molecular weight is 181 g/mol. The Morgan fingerprint density at radius 3 is 3.00 bits per heavy atom. The van der Waals surface area contributed by atoms with Gasteiger partial charge >= 0.3 is 0 Å². The molecule has 1 unspecified atom stereocenters. The predicted molar refractivity (Wildman–Crippen MR) is 50.4 cm³/mol. The largest absolute Gasteiger partial charge is 0.393 e. The molecular weight excluding hydrogens is 166 g/mol. The topological polar surface area (TPSA) is 42.4 Å². The minimum absolute atomic E-state index is 0.352. The molecule has 0 radical (unpaired) electrons. The number of methoxy groups -OCH3 is 1. The molecule has 0 bridgehead atoms. The van der Waals surface area contributed by atoms with Crippen molar-refractivity contribution >= 4 is 0 Å². The fourth-order valence-corrected chi connectivity index (χ4v) is 1.12. The van der Waals surface area contributed by atoms with Gasteiger partial charge in [-0.05, 0) is 18.6 Å². The number of pyridine rings is 1. The van der Waals surface area contributed by atoms with E-state index in [4.69, 9.17) is 4.74 Å². The van der Waals surface area contributed by atoms with Gasteiger partial charge in [0.25, 0.3) is 0 Å². The molecule has 3 heteroatoms. The lowest BCUT2D eigenvalue weighted by atomic mass is 10.1. The second-order valence-corrected chi connectivity index (χ2v) is 2.96. The molecule has 3 nitrogen and oxygen atoms in total. The molecule has 1 heterocycles. The van der Waals surface area contributed by atoms with E-state index in [0.717, 1.165) is 5.69 Å². The van der Waals surface area contributed by atoms with Crippen molar-refractivity contribution in [3.05, 3.63) is 30.1 Å². The summed E-state index contributed by atoms with van der Waals surface area (Å²) < 4.78 is 4.87. The van der Waals surface area contributed by atoms with Crippen LogP contribution in [0.1, 0.15) is 12.1 Å². The summed E-state index contributed by atoms with van der Waals surface area (Å²) in [5.74, 6) is 0. The van der Waals surface area contributed by atoms with Crippen LogP contribution < -0.4 is 0 Å². The molecule has 0 fully saturated rings. The smallest absolute Gasteiger partial charge is 0.0617 e. The van der Waals surface area contributed by atoms with Crippen LogP contribution in [0.2, 0.25) is 0 Å². The zero-order chi connectivity index (χ0) is 9.52. The number of hydrogen-bond donors (Lipinski definition) is 1. The average Bonchev–Trinajstić information content (AvgIpc) is 2.16. The minimum Gasteiger partial charge on any atom is -0.393 e. The first-order valence-corrected chi connectivity index (χ1v) is 4.40. The number of aromatic nitrogens is 1. The Balaban J connectivity index is 2.32. The van der Waals surface area contributed by atoms with Crippen molar-refractivity contribution in [1.82, 2.24) is 4.98 Å². The van der Waals surface area contributed by atoms with Gasteiger partial charge in [0, 0.05) is 32.0 Å². The maximum absolute atomic E-state index is 9.51. The number of rotatable bonds is 5. The van der Waals surface area contributed by atoms with Crippen LogP contribution in [0.15, 0.2) is 24.4 Å². The molecule has 1 N–H and O–H groups in total. The Labute approximate surface area is 78.4 Å². The summed E-state index contributed by atoms with van der Waals surface area (Å²) in [6.45, 7) is 0.591. The fourth-order valence-electron chi connectivity index (χ4n) is 1.12. The van der Waals surface area contributed by atoms with Crippen molar-refractivity contribution in [3.63, 3.8) is 0 Å². The van der Waals surface area contributed by atoms with Crippen LogP contribution >= 0.6 is 0 Å². The summed E-state index contributed by atoms with van der Waals surface area (Å²) in [7, 11) is 1.63. The zero-order valence-electron chi connectivity index (χ0n) is 7.81. The minimum atomic E-state index is -0.352. The quantitative estimate of drug-likeness (QED) is 0.737. The summed E-state index contributed by atoms with van der Waals surface area (Å²) in [6.07, 6.45) is 2.64. The Morgan fingerprint density at radius 2 is 2.38 bits per heavy atom. The molecule has 72 valence electrons. The van der Waals surface area contributed by atoms with Crippen molar-refractivity contribution in [2.45, 2.75) is 18.9 Å². The lowest BCUT2D eigenvalue weighted by Crippen LogP contribution is -2.13. The highest BCUT2D eigenvalue weighted by Crippen LogP contribution is 2.02. The number of ether oxygens (including phenoxy) is 1. The van der Waals surface area contributed by atoms with E-state index in [1.54, 1.807) is 13.3 Å². The molecule has 0 aliphatic carbocycles. The number of aliphatic hydroxyl groups excluding tert-OH is 1. The Hall–Kier alpha value is -0.930. The summed E-state index contributed by atoms with van der Waals surface area (Å²) in [5, 5.41) is 9.51. The van der Waals surface area contributed by atoms with Crippen molar-refractivity contribution in [2.75, 3.05) is 13.7 Å². The molecule has 0 spiro atoms. The van der Waals surface area contributed by atoms with Gasteiger partial charge in [-0.1, -0.05) is 6.07 Å². The molecule has 0 amide bonds. The van der Waals surface area contributed by atoms with Crippen LogP contribution in [0, 0.1) is 0 Å². The highest BCUT2D eigenvalue weighted by Gasteiger charge is 2.05. The van der Waals surface area contributed by atoms with Crippen LogP contribution in [-0.2, 0) is 11.2 Å². The molecule has 0 aliphatic heterocycles. The molecule has 13 heavy (non-hydrogen) atoms. The molecule has 1 atom stereocenters. The first-order chi connectivity index (χ1) is 6.33. The molecular formula is C10H15NO2. The molecule has 0 saturated heterocycles. The van der Waals surface area contributed by atoms with Gasteiger partial charge in [-0.3, -0.25) is 4.98 Å². The Kier molecular flexibility index (Phi) is 4.43. The Morgan fingerprint density at radius 1 is 1.54 bits per heavy atom. The molecule has 0 aliphatic rings. The van der Waals surface area contributed by atoms with Gasteiger partial charge in [-0.2, -0.15) is 0 Å². The number of nitrogens with zero attached hydrogens (tertiary/aromatic N) is 1. The van der Waals surface area contributed by atoms with Crippen LogP contribution in [0.5, 0.6) is 0 Å². The summed E-state index contributed by atoms with van der Waals surface area (Å²) in [4.78, 5) is 4.13. The molecule has 1 aromatic heterocycles. The van der Waals surface area contributed by atoms with Crippen LogP contribution in [0.4, 0.5) is 0 Å². The van der Waals surface area contributed by atoms with Crippen molar-refractivity contribution in [3.8, 4) is 0 Å². The van der Waals surface area contributed by atoms with Crippen molar-refractivity contribution in [2.24, 2.45) is 0 Å². The number of hydrogen-bond acceptors (Lipinski definition) is 3.